The summed E-state index contributed by atoms with van der Waals surface area (Å²) >= 11 is 0. The molecule has 0 bridgehead atoms. The van der Waals surface area contributed by atoms with Gasteiger partial charge in [0.1, 0.15) is 29.2 Å². The molecule has 1 N–H and O–H groups in total. The Morgan fingerprint density at radius 1 is 1.13 bits per heavy atom. The second kappa shape index (κ2) is 10.6. The molecule has 2 saturated carbocycles. The number of hydrogen-bond acceptors (Lipinski definition) is 10. The summed E-state index contributed by atoms with van der Waals surface area (Å²) in [6, 6.07) is 3.43. The molecule has 4 aliphatic carbocycles. The fraction of sp³-hybridized carbons (Fsp3) is 0.568. The molecule has 0 aromatic carbocycles. The molecule has 3 fully saturated rings. The number of aliphatic hydroxyl groups is 1. The van der Waals surface area contributed by atoms with Crippen molar-refractivity contribution in [2.24, 2.45) is 28.6 Å². The Balaban J connectivity index is 1.21. The lowest BCUT2D eigenvalue weighted by molar-refractivity contribution is -0.225. The van der Waals surface area contributed by atoms with Gasteiger partial charge in [-0.05, 0) is 88.3 Å². The SMILES string of the molecule is CC(=O)O[C@H]1C=C([C@H](C)[C@H]2CC(C)=C(C)C(=O)O2)[C@@]2(C)CC[C@H]3[C@@H](C[C@H]4O[C@]45[C@@H](OC(=O)/C=C/c4ccco4)C=CC(=O)[C@]35C)[C@]12O. The van der Waals surface area contributed by atoms with E-state index in [9.17, 15) is 24.3 Å². The van der Waals surface area contributed by atoms with Gasteiger partial charge in [0, 0.05) is 36.3 Å². The van der Waals surface area contributed by atoms with Gasteiger partial charge in [0.15, 0.2) is 11.9 Å². The van der Waals surface area contributed by atoms with Gasteiger partial charge in [0.05, 0.1) is 17.8 Å². The van der Waals surface area contributed by atoms with E-state index in [1.807, 2.05) is 33.8 Å². The Hall–Kier alpha value is -3.76. The zero-order valence-electron chi connectivity index (χ0n) is 27.6. The van der Waals surface area contributed by atoms with Crippen molar-refractivity contribution in [3.8, 4) is 0 Å². The Bertz CT molecular complexity index is 1660. The number of carbonyl (C=O) groups is 4. The summed E-state index contributed by atoms with van der Waals surface area (Å²) in [5.41, 5.74) is -2.13. The number of fused-ring (bicyclic) bond motifs is 4. The highest BCUT2D eigenvalue weighted by Gasteiger charge is 2.83. The van der Waals surface area contributed by atoms with Crippen LogP contribution in [-0.4, -0.2) is 64.4 Å². The standard InChI is InChI=1S/C37H42O10/c1-19-16-27(45-33(41)20(19)2)21(3)25-17-30(44-22(4)38)36(42)26-18-31-37(47-31)29(46-32(40)12-9-23-8-7-15-43-23)11-10-28(39)35(37,6)24(26)13-14-34(25,36)5/h7-12,15,17,21,24,26-27,29-31,42H,13-14,16,18H2,1-6H3/b12-9+/t21-,24-,26+,27+,29-,30-,31+,34+,35-,36-,37+/m0/s1. The van der Waals surface area contributed by atoms with Crippen LogP contribution in [0.15, 0.2) is 63.8 Å². The summed E-state index contributed by atoms with van der Waals surface area (Å²) in [4.78, 5) is 52.1. The van der Waals surface area contributed by atoms with Crippen molar-refractivity contribution >= 4 is 29.8 Å². The fourth-order valence-electron chi connectivity index (χ4n) is 9.95. The second-order valence-corrected chi connectivity index (χ2v) is 14.7. The van der Waals surface area contributed by atoms with Crippen molar-refractivity contribution in [1.29, 1.82) is 0 Å². The third-order valence-electron chi connectivity index (χ3n) is 12.7. The molecule has 1 saturated heterocycles. The molecule has 3 heterocycles. The molecule has 0 unspecified atom stereocenters. The Morgan fingerprint density at radius 3 is 2.57 bits per heavy atom. The number of cyclic esters (lactones) is 1. The lowest BCUT2D eigenvalue weighted by Crippen LogP contribution is -2.70. The molecular weight excluding hydrogens is 604 g/mol. The highest BCUT2D eigenvalue weighted by Crippen LogP contribution is 2.74. The predicted octanol–water partition coefficient (Wildman–Crippen LogP) is 4.81. The monoisotopic (exact) mass is 646 g/mol. The van der Waals surface area contributed by atoms with Gasteiger partial charge in [0.25, 0.3) is 0 Å². The highest BCUT2D eigenvalue weighted by atomic mass is 16.7. The van der Waals surface area contributed by atoms with Crippen LogP contribution in [0.1, 0.15) is 73.0 Å². The van der Waals surface area contributed by atoms with Crippen LogP contribution in [0.2, 0.25) is 0 Å². The molecule has 1 spiro atoms. The Morgan fingerprint density at radius 2 is 1.89 bits per heavy atom. The van der Waals surface area contributed by atoms with E-state index in [0.717, 1.165) is 11.1 Å². The molecule has 1 aromatic rings. The third kappa shape index (κ3) is 4.29. The van der Waals surface area contributed by atoms with Gasteiger partial charge in [-0.2, -0.15) is 0 Å². The van der Waals surface area contributed by atoms with E-state index in [0.29, 0.717) is 37.0 Å². The maximum Gasteiger partial charge on any atom is 0.333 e. The van der Waals surface area contributed by atoms with Gasteiger partial charge in [-0.25, -0.2) is 9.59 Å². The average molecular weight is 647 g/mol. The zero-order chi connectivity index (χ0) is 33.7. The van der Waals surface area contributed by atoms with Gasteiger partial charge in [-0.1, -0.05) is 25.0 Å². The van der Waals surface area contributed by atoms with Crippen LogP contribution in [0.5, 0.6) is 0 Å². The molecular formula is C37H42O10. The number of ketones is 1. The van der Waals surface area contributed by atoms with Gasteiger partial charge in [-0.3, -0.25) is 9.59 Å². The molecule has 0 radical (unpaired) electrons. The molecule has 7 rings (SSSR count). The molecule has 10 heteroatoms. The number of ether oxygens (including phenoxy) is 4. The number of allylic oxidation sites excluding steroid dienone is 1. The number of furan rings is 1. The number of esters is 3. The minimum absolute atomic E-state index is 0.143. The topological polar surface area (TPSA) is 142 Å². The number of epoxide rings is 1. The highest BCUT2D eigenvalue weighted by molar-refractivity contribution is 5.98. The van der Waals surface area contributed by atoms with E-state index in [2.05, 4.69) is 0 Å². The number of rotatable bonds is 6. The van der Waals surface area contributed by atoms with E-state index in [-0.39, 0.29) is 23.6 Å². The quantitative estimate of drug-likeness (QED) is 0.150. The molecule has 10 nitrogen and oxygen atoms in total. The Labute approximate surface area is 273 Å². The smallest absolute Gasteiger partial charge is 0.333 e. The molecule has 6 aliphatic rings. The average Bonchev–Trinajstić information content (AvgIpc) is 3.42. The maximum atomic E-state index is 14.0. The molecule has 47 heavy (non-hydrogen) atoms. The van der Waals surface area contributed by atoms with E-state index >= 15 is 0 Å². The molecule has 2 aliphatic heterocycles. The largest absolute Gasteiger partial charge is 0.465 e. The summed E-state index contributed by atoms with van der Waals surface area (Å²) < 4.78 is 29.4. The van der Waals surface area contributed by atoms with E-state index in [1.165, 1.54) is 31.4 Å². The number of carbonyl (C=O) groups excluding carboxylic acids is 4. The molecule has 250 valence electrons. The first-order valence-electron chi connectivity index (χ1n) is 16.5. The zero-order valence-corrected chi connectivity index (χ0v) is 27.6. The summed E-state index contributed by atoms with van der Waals surface area (Å²) in [6.07, 6.45) is 8.59. The van der Waals surface area contributed by atoms with Crippen LogP contribution in [0.4, 0.5) is 0 Å². The first-order chi connectivity index (χ1) is 22.2. The van der Waals surface area contributed by atoms with Crippen LogP contribution >= 0.6 is 0 Å². The van der Waals surface area contributed by atoms with Crippen LogP contribution in [0, 0.1) is 28.6 Å². The first-order valence-corrected chi connectivity index (χ1v) is 16.5. The van der Waals surface area contributed by atoms with Crippen molar-refractivity contribution in [2.75, 3.05) is 0 Å². The van der Waals surface area contributed by atoms with Gasteiger partial charge in [0.2, 0.25) is 0 Å². The lowest BCUT2D eigenvalue weighted by atomic mass is 9.42. The van der Waals surface area contributed by atoms with E-state index in [4.69, 9.17) is 23.4 Å². The summed E-state index contributed by atoms with van der Waals surface area (Å²) in [5.74, 6) is -2.21. The summed E-state index contributed by atoms with van der Waals surface area (Å²) in [6.45, 7) is 10.9. The van der Waals surface area contributed by atoms with E-state index in [1.54, 1.807) is 25.1 Å². The van der Waals surface area contributed by atoms with Crippen LogP contribution in [0.3, 0.4) is 0 Å². The Kier molecular flexibility index (Phi) is 7.19. The number of hydrogen-bond donors (Lipinski definition) is 1. The van der Waals surface area contributed by atoms with Crippen molar-refractivity contribution < 1.29 is 47.6 Å². The first kappa shape index (κ1) is 31.8. The van der Waals surface area contributed by atoms with Crippen molar-refractivity contribution in [3.05, 3.63) is 65.2 Å². The third-order valence-corrected chi connectivity index (χ3v) is 12.7. The summed E-state index contributed by atoms with van der Waals surface area (Å²) in [7, 11) is 0. The lowest BCUT2D eigenvalue weighted by Gasteiger charge is -2.61. The molecule has 0 amide bonds. The van der Waals surface area contributed by atoms with Gasteiger partial charge >= 0.3 is 17.9 Å². The minimum Gasteiger partial charge on any atom is -0.465 e. The van der Waals surface area contributed by atoms with E-state index < -0.39 is 64.3 Å². The predicted molar refractivity (Wildman–Crippen MR) is 167 cm³/mol. The van der Waals surface area contributed by atoms with Gasteiger partial charge in [-0.15, -0.1) is 0 Å². The van der Waals surface area contributed by atoms with Crippen molar-refractivity contribution in [1.82, 2.24) is 0 Å². The van der Waals surface area contributed by atoms with Crippen LogP contribution in [-0.2, 0) is 38.1 Å². The normalized spacial score (nSPS) is 42.5. The van der Waals surface area contributed by atoms with Crippen LogP contribution < -0.4 is 0 Å². The fourth-order valence-corrected chi connectivity index (χ4v) is 9.95. The van der Waals surface area contributed by atoms with Crippen LogP contribution in [0.25, 0.3) is 6.08 Å². The van der Waals surface area contributed by atoms with Crippen molar-refractivity contribution in [2.45, 2.75) is 103 Å². The minimum atomic E-state index is -1.56. The second-order valence-electron chi connectivity index (χ2n) is 14.7. The maximum absolute atomic E-state index is 14.0. The molecule has 1 aromatic heterocycles. The van der Waals surface area contributed by atoms with Gasteiger partial charge < -0.3 is 28.5 Å². The summed E-state index contributed by atoms with van der Waals surface area (Å²) in [5, 5.41) is 13.1. The molecule has 11 atom stereocenters. The van der Waals surface area contributed by atoms with Crippen molar-refractivity contribution in [3.63, 3.8) is 0 Å².